The van der Waals surface area contributed by atoms with Crippen molar-refractivity contribution in [2.75, 3.05) is 39.4 Å². The SMILES string of the molecule is O=C(NCCCN1CCOCC1)c1cc2c(Br)cccc2o1. The van der Waals surface area contributed by atoms with Crippen LogP contribution in [0.5, 0.6) is 0 Å². The molecule has 1 aromatic heterocycles. The largest absolute Gasteiger partial charge is 0.451 e. The maximum Gasteiger partial charge on any atom is 0.287 e. The van der Waals surface area contributed by atoms with E-state index in [0.717, 1.165) is 49.1 Å². The highest BCUT2D eigenvalue weighted by molar-refractivity contribution is 9.10. The molecule has 1 aromatic carbocycles. The average molecular weight is 367 g/mol. The van der Waals surface area contributed by atoms with E-state index in [4.69, 9.17) is 9.15 Å². The van der Waals surface area contributed by atoms with Gasteiger partial charge in [-0.05, 0) is 31.2 Å². The summed E-state index contributed by atoms with van der Waals surface area (Å²) in [7, 11) is 0. The lowest BCUT2D eigenvalue weighted by Gasteiger charge is -2.26. The molecule has 1 aliphatic heterocycles. The Morgan fingerprint density at radius 1 is 1.32 bits per heavy atom. The minimum absolute atomic E-state index is 0.162. The first-order valence-corrected chi connectivity index (χ1v) is 8.30. The van der Waals surface area contributed by atoms with Gasteiger partial charge in [-0.15, -0.1) is 0 Å². The number of rotatable bonds is 5. The van der Waals surface area contributed by atoms with Crippen LogP contribution in [-0.2, 0) is 4.74 Å². The molecule has 0 aliphatic carbocycles. The van der Waals surface area contributed by atoms with Gasteiger partial charge < -0.3 is 14.5 Å². The Labute approximate surface area is 137 Å². The molecule has 1 saturated heterocycles. The van der Waals surface area contributed by atoms with Crippen molar-refractivity contribution in [1.82, 2.24) is 10.2 Å². The van der Waals surface area contributed by atoms with Crippen molar-refractivity contribution < 1.29 is 13.9 Å². The lowest BCUT2D eigenvalue weighted by molar-refractivity contribution is 0.0374. The number of furan rings is 1. The topological polar surface area (TPSA) is 54.7 Å². The second-order valence-electron chi connectivity index (χ2n) is 5.33. The highest BCUT2D eigenvalue weighted by Gasteiger charge is 2.14. The zero-order valence-electron chi connectivity index (χ0n) is 12.3. The van der Waals surface area contributed by atoms with Crippen LogP contribution in [0.4, 0.5) is 0 Å². The van der Waals surface area contributed by atoms with Crippen LogP contribution in [0.15, 0.2) is 33.2 Å². The molecule has 6 heteroatoms. The molecule has 5 nitrogen and oxygen atoms in total. The van der Waals surface area contributed by atoms with Gasteiger partial charge in [-0.25, -0.2) is 0 Å². The van der Waals surface area contributed by atoms with E-state index in [1.54, 1.807) is 6.07 Å². The molecular weight excluding hydrogens is 348 g/mol. The lowest BCUT2D eigenvalue weighted by atomic mass is 10.2. The number of nitrogens with zero attached hydrogens (tertiary/aromatic N) is 1. The Kier molecular flexibility index (Phi) is 5.12. The van der Waals surface area contributed by atoms with Gasteiger partial charge in [0.05, 0.1) is 13.2 Å². The van der Waals surface area contributed by atoms with E-state index in [-0.39, 0.29) is 5.91 Å². The van der Waals surface area contributed by atoms with Gasteiger partial charge in [0.15, 0.2) is 5.76 Å². The van der Waals surface area contributed by atoms with Crippen molar-refractivity contribution in [2.24, 2.45) is 0 Å². The summed E-state index contributed by atoms with van der Waals surface area (Å²) in [5.41, 5.74) is 0.716. The zero-order chi connectivity index (χ0) is 15.4. The molecule has 0 radical (unpaired) electrons. The number of benzene rings is 1. The molecule has 2 aromatic rings. The molecule has 3 rings (SSSR count). The van der Waals surface area contributed by atoms with Crippen LogP contribution >= 0.6 is 15.9 Å². The van der Waals surface area contributed by atoms with Crippen molar-refractivity contribution >= 4 is 32.8 Å². The van der Waals surface area contributed by atoms with Crippen molar-refractivity contribution in [2.45, 2.75) is 6.42 Å². The Bertz CT molecular complexity index is 650. The molecule has 0 spiro atoms. The van der Waals surface area contributed by atoms with Gasteiger partial charge in [0.2, 0.25) is 0 Å². The number of hydrogen-bond donors (Lipinski definition) is 1. The molecule has 1 N–H and O–H groups in total. The summed E-state index contributed by atoms with van der Waals surface area (Å²) in [6.45, 7) is 5.20. The van der Waals surface area contributed by atoms with Crippen molar-refractivity contribution in [1.29, 1.82) is 0 Å². The fourth-order valence-corrected chi connectivity index (χ4v) is 3.02. The first-order valence-electron chi connectivity index (χ1n) is 7.50. The van der Waals surface area contributed by atoms with E-state index in [2.05, 4.69) is 26.1 Å². The third kappa shape index (κ3) is 3.69. The van der Waals surface area contributed by atoms with Gasteiger partial charge in [0.1, 0.15) is 5.58 Å². The monoisotopic (exact) mass is 366 g/mol. The third-order valence-corrected chi connectivity index (χ3v) is 4.46. The second-order valence-corrected chi connectivity index (χ2v) is 6.18. The molecule has 0 bridgehead atoms. The smallest absolute Gasteiger partial charge is 0.287 e. The summed E-state index contributed by atoms with van der Waals surface area (Å²) >= 11 is 3.46. The van der Waals surface area contributed by atoms with E-state index >= 15 is 0 Å². The van der Waals surface area contributed by atoms with E-state index in [0.29, 0.717) is 17.9 Å². The van der Waals surface area contributed by atoms with Crippen molar-refractivity contribution in [3.05, 3.63) is 34.5 Å². The highest BCUT2D eigenvalue weighted by atomic mass is 79.9. The number of carbonyl (C=O) groups excluding carboxylic acids is 1. The molecule has 1 fully saturated rings. The number of fused-ring (bicyclic) bond motifs is 1. The number of morpholine rings is 1. The normalized spacial score (nSPS) is 16.0. The minimum Gasteiger partial charge on any atom is -0.451 e. The van der Waals surface area contributed by atoms with E-state index in [1.807, 2.05) is 18.2 Å². The summed E-state index contributed by atoms with van der Waals surface area (Å²) < 4.78 is 11.8. The molecule has 118 valence electrons. The minimum atomic E-state index is -0.162. The Morgan fingerprint density at radius 2 is 2.14 bits per heavy atom. The summed E-state index contributed by atoms with van der Waals surface area (Å²) in [4.78, 5) is 14.5. The van der Waals surface area contributed by atoms with Crippen molar-refractivity contribution in [3.8, 4) is 0 Å². The zero-order valence-corrected chi connectivity index (χ0v) is 13.9. The number of hydrogen-bond acceptors (Lipinski definition) is 4. The number of carbonyl (C=O) groups is 1. The number of halogens is 1. The predicted molar refractivity (Wildman–Crippen MR) is 88.1 cm³/mol. The van der Waals surface area contributed by atoms with E-state index in [1.165, 1.54) is 0 Å². The molecule has 0 atom stereocenters. The quantitative estimate of drug-likeness (QED) is 0.826. The fraction of sp³-hybridized carbons (Fsp3) is 0.438. The molecule has 0 saturated carbocycles. The molecular formula is C16H19BrN2O3. The van der Waals surface area contributed by atoms with Crippen LogP contribution in [0.1, 0.15) is 17.0 Å². The van der Waals surface area contributed by atoms with Crippen LogP contribution in [0, 0.1) is 0 Å². The maximum atomic E-state index is 12.1. The van der Waals surface area contributed by atoms with Gasteiger partial charge in [-0.1, -0.05) is 22.0 Å². The Balaban J connectivity index is 1.49. The van der Waals surface area contributed by atoms with Crippen LogP contribution in [0.3, 0.4) is 0 Å². The van der Waals surface area contributed by atoms with E-state index in [9.17, 15) is 4.79 Å². The fourth-order valence-electron chi connectivity index (χ4n) is 2.55. The standard InChI is InChI=1S/C16H19BrN2O3/c17-13-3-1-4-14-12(13)11-15(22-14)16(20)18-5-2-6-19-7-9-21-10-8-19/h1,3-4,11H,2,5-10H2,(H,18,20). The lowest BCUT2D eigenvalue weighted by Crippen LogP contribution is -2.38. The summed E-state index contributed by atoms with van der Waals surface area (Å²) in [6.07, 6.45) is 0.926. The third-order valence-electron chi connectivity index (χ3n) is 3.77. The van der Waals surface area contributed by atoms with Crippen molar-refractivity contribution in [3.63, 3.8) is 0 Å². The number of amides is 1. The Hall–Kier alpha value is -1.37. The summed E-state index contributed by atoms with van der Waals surface area (Å²) in [5.74, 6) is 0.193. The summed E-state index contributed by atoms with van der Waals surface area (Å²) in [6, 6.07) is 7.45. The van der Waals surface area contributed by atoms with Gasteiger partial charge in [-0.3, -0.25) is 9.69 Å². The van der Waals surface area contributed by atoms with Gasteiger partial charge in [0.25, 0.3) is 5.91 Å². The highest BCUT2D eigenvalue weighted by Crippen LogP contribution is 2.26. The maximum absolute atomic E-state index is 12.1. The van der Waals surface area contributed by atoms with Gasteiger partial charge in [-0.2, -0.15) is 0 Å². The van der Waals surface area contributed by atoms with E-state index < -0.39 is 0 Å². The first kappa shape index (κ1) is 15.5. The molecule has 1 aliphatic rings. The molecule has 0 unspecified atom stereocenters. The number of nitrogens with one attached hydrogen (secondary N) is 1. The predicted octanol–water partition coefficient (Wildman–Crippen LogP) is 2.65. The van der Waals surface area contributed by atoms with Gasteiger partial charge in [0, 0.05) is 29.5 Å². The molecule has 2 heterocycles. The second kappa shape index (κ2) is 7.26. The van der Waals surface area contributed by atoms with Crippen LogP contribution < -0.4 is 5.32 Å². The van der Waals surface area contributed by atoms with Crippen LogP contribution in [0.2, 0.25) is 0 Å². The molecule has 22 heavy (non-hydrogen) atoms. The first-order chi connectivity index (χ1) is 10.7. The summed E-state index contributed by atoms with van der Waals surface area (Å²) in [5, 5.41) is 3.83. The number of ether oxygens (including phenoxy) is 1. The van der Waals surface area contributed by atoms with Crippen LogP contribution in [-0.4, -0.2) is 50.2 Å². The Morgan fingerprint density at radius 3 is 2.91 bits per heavy atom. The average Bonchev–Trinajstić information content (AvgIpc) is 2.98. The van der Waals surface area contributed by atoms with Crippen LogP contribution in [0.25, 0.3) is 11.0 Å². The van der Waals surface area contributed by atoms with Gasteiger partial charge >= 0.3 is 0 Å². The molecule has 1 amide bonds.